The van der Waals surface area contributed by atoms with Gasteiger partial charge in [0.15, 0.2) is 0 Å². The first-order valence-corrected chi connectivity index (χ1v) is 12.1. The van der Waals surface area contributed by atoms with Crippen molar-refractivity contribution in [2.75, 3.05) is 51.6 Å². The number of piperazine rings is 1. The molecule has 4 aromatic rings. The van der Waals surface area contributed by atoms with Crippen LogP contribution in [0.2, 0.25) is 5.02 Å². The largest absolute Gasteiger partial charge is 0.353 e. The zero-order valence-electron chi connectivity index (χ0n) is 19.8. The van der Waals surface area contributed by atoms with Gasteiger partial charge in [-0.3, -0.25) is 9.69 Å². The molecule has 9 nitrogen and oxygen atoms in total. The van der Waals surface area contributed by atoms with Crippen LogP contribution in [0.4, 0.5) is 15.8 Å². The topological polar surface area (TPSA) is 102 Å². The Kier molecular flexibility index (Phi) is 7.08. The Labute approximate surface area is 212 Å². The van der Waals surface area contributed by atoms with Crippen LogP contribution >= 0.6 is 11.6 Å². The molecule has 1 fully saturated rings. The fraction of sp³-hybridized carbons (Fsp3) is 0.280. The third-order valence-electron chi connectivity index (χ3n) is 6.27. The number of H-pyrrole nitrogens is 1. The molecular weight excluding hydrogens is 483 g/mol. The Hall–Kier alpha value is -3.60. The maximum atomic E-state index is 14.4. The summed E-state index contributed by atoms with van der Waals surface area (Å²) in [5.74, 6) is -0.626. The number of nitrogens with zero attached hydrogens (tertiary/aromatic N) is 5. The molecule has 0 bridgehead atoms. The molecule has 1 amide bonds. The first kappa shape index (κ1) is 24.1. The number of benzene rings is 1. The number of aromatic nitrogens is 4. The average Bonchev–Trinajstić information content (AvgIpc) is 3.32. The van der Waals surface area contributed by atoms with Crippen molar-refractivity contribution in [2.45, 2.75) is 0 Å². The van der Waals surface area contributed by atoms with Crippen molar-refractivity contribution in [1.29, 1.82) is 0 Å². The van der Waals surface area contributed by atoms with Crippen LogP contribution < -0.4 is 10.6 Å². The predicted octanol–water partition coefficient (Wildman–Crippen LogP) is 3.53. The van der Waals surface area contributed by atoms with Crippen molar-refractivity contribution in [1.82, 2.24) is 35.3 Å². The predicted molar refractivity (Wildman–Crippen MR) is 138 cm³/mol. The number of hydrogen-bond donors (Lipinski definition) is 3. The smallest absolute Gasteiger partial charge is 0.253 e. The van der Waals surface area contributed by atoms with E-state index < -0.39 is 5.82 Å². The van der Waals surface area contributed by atoms with E-state index >= 15 is 0 Å². The Balaban J connectivity index is 1.34. The van der Waals surface area contributed by atoms with E-state index in [1.54, 1.807) is 24.5 Å². The van der Waals surface area contributed by atoms with E-state index in [1.807, 2.05) is 0 Å². The monoisotopic (exact) mass is 508 g/mol. The summed E-state index contributed by atoms with van der Waals surface area (Å²) in [5.41, 5.74) is 2.89. The maximum absolute atomic E-state index is 14.4. The van der Waals surface area contributed by atoms with E-state index in [2.05, 4.69) is 47.6 Å². The van der Waals surface area contributed by atoms with E-state index in [1.165, 1.54) is 24.4 Å². The van der Waals surface area contributed by atoms with Gasteiger partial charge >= 0.3 is 0 Å². The molecule has 0 unspecified atom stereocenters. The number of amides is 1. The summed E-state index contributed by atoms with van der Waals surface area (Å²) in [6.45, 7) is 5.42. The molecule has 3 N–H and O–H groups in total. The quantitative estimate of drug-likeness (QED) is 0.351. The lowest BCUT2D eigenvalue weighted by Gasteiger charge is -2.32. The highest BCUT2D eigenvalue weighted by molar-refractivity contribution is 6.30. The van der Waals surface area contributed by atoms with Crippen molar-refractivity contribution in [3.05, 3.63) is 65.3 Å². The van der Waals surface area contributed by atoms with Gasteiger partial charge in [-0.25, -0.2) is 9.37 Å². The van der Waals surface area contributed by atoms with Crippen LogP contribution in [0.15, 0.2) is 48.9 Å². The second kappa shape index (κ2) is 10.6. The Morgan fingerprint density at radius 1 is 1.19 bits per heavy atom. The first-order chi connectivity index (χ1) is 17.5. The number of fused-ring (bicyclic) bond motifs is 1. The summed E-state index contributed by atoms with van der Waals surface area (Å²) in [5, 5.41) is 15.4. The summed E-state index contributed by atoms with van der Waals surface area (Å²) in [4.78, 5) is 25.1. The lowest BCUT2D eigenvalue weighted by molar-refractivity contribution is 0.0942. The molecule has 186 valence electrons. The van der Waals surface area contributed by atoms with Crippen molar-refractivity contribution < 1.29 is 9.18 Å². The van der Waals surface area contributed by atoms with Crippen LogP contribution in [0, 0.1) is 5.82 Å². The number of pyridine rings is 1. The molecular formula is C25H26ClFN8O. The summed E-state index contributed by atoms with van der Waals surface area (Å²) in [6, 6.07) is 7.73. The molecule has 0 saturated carbocycles. The molecule has 4 heterocycles. The van der Waals surface area contributed by atoms with Gasteiger partial charge in [-0.2, -0.15) is 10.2 Å². The minimum Gasteiger partial charge on any atom is -0.353 e. The number of anilines is 2. The molecule has 36 heavy (non-hydrogen) atoms. The number of aromatic amines is 1. The highest BCUT2D eigenvalue weighted by atomic mass is 35.5. The average molecular weight is 509 g/mol. The number of carbonyl (C=O) groups is 1. The summed E-state index contributed by atoms with van der Waals surface area (Å²) >= 11 is 6.04. The Bertz CT molecular complexity index is 1390. The SMILES string of the molecule is CN1CCN(CCNC(=O)c2c[nH]c3nccc(Nc4cnnc(-c5cc(Cl)ccc5F)c4)c23)CC1. The third-order valence-corrected chi connectivity index (χ3v) is 6.50. The van der Waals surface area contributed by atoms with E-state index in [0.29, 0.717) is 45.2 Å². The summed E-state index contributed by atoms with van der Waals surface area (Å²) in [6.07, 6.45) is 4.83. The van der Waals surface area contributed by atoms with Crippen molar-refractivity contribution in [3.63, 3.8) is 0 Å². The second-order valence-electron chi connectivity index (χ2n) is 8.76. The second-order valence-corrected chi connectivity index (χ2v) is 9.20. The molecule has 3 aromatic heterocycles. The molecule has 0 aliphatic carbocycles. The molecule has 11 heteroatoms. The number of likely N-dealkylation sites (N-methyl/N-ethyl adjacent to an activating group) is 1. The molecule has 0 atom stereocenters. The van der Waals surface area contributed by atoms with Crippen LogP contribution in [0.5, 0.6) is 0 Å². The van der Waals surface area contributed by atoms with Gasteiger partial charge in [0.1, 0.15) is 11.5 Å². The van der Waals surface area contributed by atoms with E-state index in [4.69, 9.17) is 11.6 Å². The van der Waals surface area contributed by atoms with Gasteiger partial charge in [-0.15, -0.1) is 0 Å². The van der Waals surface area contributed by atoms with Gasteiger partial charge in [0.2, 0.25) is 0 Å². The fourth-order valence-electron chi connectivity index (χ4n) is 4.25. The Morgan fingerprint density at radius 2 is 2.03 bits per heavy atom. The Morgan fingerprint density at radius 3 is 2.86 bits per heavy atom. The van der Waals surface area contributed by atoms with Gasteiger partial charge < -0.3 is 20.5 Å². The van der Waals surface area contributed by atoms with Gasteiger partial charge in [0, 0.05) is 62.2 Å². The standard InChI is InChI=1S/C25H26ClFN8O/c1-34-8-10-35(11-9-34)7-6-29-25(36)19-15-30-24-23(19)21(4-5-28-24)32-17-13-22(33-31-14-17)18-12-16(26)2-3-20(18)27/h2-5,12-15H,6-11H2,1H3,(H,29,36)(H2,28,30,32,33). The fourth-order valence-corrected chi connectivity index (χ4v) is 4.42. The molecule has 5 rings (SSSR count). The highest BCUT2D eigenvalue weighted by Crippen LogP contribution is 2.30. The number of hydrogen-bond acceptors (Lipinski definition) is 7. The van der Waals surface area contributed by atoms with Crippen LogP contribution in [-0.2, 0) is 0 Å². The minimum atomic E-state index is -0.446. The maximum Gasteiger partial charge on any atom is 0.253 e. The zero-order valence-corrected chi connectivity index (χ0v) is 20.5. The van der Waals surface area contributed by atoms with Crippen molar-refractivity contribution >= 4 is 39.9 Å². The lowest BCUT2D eigenvalue weighted by atomic mass is 10.1. The number of nitrogens with one attached hydrogen (secondary N) is 3. The number of carbonyl (C=O) groups excluding carboxylic acids is 1. The summed E-state index contributed by atoms with van der Waals surface area (Å²) < 4.78 is 14.4. The normalized spacial score (nSPS) is 14.8. The molecule has 0 radical (unpaired) electrons. The van der Waals surface area contributed by atoms with Crippen molar-refractivity contribution in [2.24, 2.45) is 0 Å². The van der Waals surface area contributed by atoms with E-state index in [0.717, 1.165) is 32.7 Å². The molecule has 1 aliphatic rings. The van der Waals surface area contributed by atoms with Gasteiger partial charge in [-0.05, 0) is 37.4 Å². The number of rotatable bonds is 7. The van der Waals surface area contributed by atoms with Crippen LogP contribution in [0.3, 0.4) is 0 Å². The lowest BCUT2D eigenvalue weighted by Crippen LogP contribution is -2.46. The van der Waals surface area contributed by atoms with Crippen LogP contribution in [0.1, 0.15) is 10.4 Å². The molecule has 1 aromatic carbocycles. The van der Waals surface area contributed by atoms with E-state index in [9.17, 15) is 9.18 Å². The van der Waals surface area contributed by atoms with Gasteiger partial charge in [0.25, 0.3) is 5.91 Å². The summed E-state index contributed by atoms with van der Waals surface area (Å²) in [7, 11) is 2.12. The van der Waals surface area contributed by atoms with Crippen LogP contribution in [0.25, 0.3) is 22.3 Å². The van der Waals surface area contributed by atoms with Gasteiger partial charge in [-0.1, -0.05) is 11.6 Å². The minimum absolute atomic E-state index is 0.180. The molecule has 1 aliphatic heterocycles. The van der Waals surface area contributed by atoms with Crippen LogP contribution in [-0.4, -0.2) is 82.2 Å². The molecule has 1 saturated heterocycles. The van der Waals surface area contributed by atoms with E-state index in [-0.39, 0.29) is 11.5 Å². The zero-order chi connectivity index (χ0) is 25.1. The van der Waals surface area contributed by atoms with Crippen molar-refractivity contribution in [3.8, 4) is 11.3 Å². The number of halogens is 2. The first-order valence-electron chi connectivity index (χ1n) is 11.7. The van der Waals surface area contributed by atoms with Gasteiger partial charge in [0.05, 0.1) is 34.2 Å². The third kappa shape index (κ3) is 5.30. The highest BCUT2D eigenvalue weighted by Gasteiger charge is 2.18. The molecule has 0 spiro atoms.